The van der Waals surface area contributed by atoms with Gasteiger partial charge in [0, 0.05) is 18.8 Å². The van der Waals surface area contributed by atoms with Gasteiger partial charge in [-0.2, -0.15) is 0 Å². The highest BCUT2D eigenvalue weighted by atomic mass is 32.1. The standard InChI is InChI=1S/C32H48S2Si2.C14H8S2/c1-19(2)35(20(3)4,21(5)6)31-17-27-13-25-16-30-28(14-26(25)15-29(27)33-31)18-32(34-30)36(22(7)8,23(9)10)24(11)12;1-3-15-13-7-12-6-10-2-4-16-14(10)8-11(12)5-9(1)13/h13-24H,1-12H3;1-8H. The molecule has 8 aromatic rings. The molecule has 0 nitrogen and oxygen atoms in total. The predicted molar refractivity (Wildman–Crippen MR) is 251 cm³/mol. The van der Waals surface area contributed by atoms with Gasteiger partial charge < -0.3 is 0 Å². The van der Waals surface area contributed by atoms with Gasteiger partial charge in [-0.1, -0.05) is 83.1 Å². The first-order valence-electron chi connectivity index (χ1n) is 19.4. The highest BCUT2D eigenvalue weighted by molar-refractivity contribution is 7.33. The van der Waals surface area contributed by atoms with Crippen molar-refractivity contribution in [1.82, 2.24) is 0 Å². The SMILES string of the molecule is CC(C)[Si](c1cc2cc3cc4sc([Si](C(C)C)(C(C)C)C(C)C)cc4cc3cc2s1)(C(C)C)C(C)C.c1cc2cc3cc4sccc4cc3cc2s1. The van der Waals surface area contributed by atoms with Gasteiger partial charge in [-0.05, 0) is 169 Å². The van der Waals surface area contributed by atoms with Gasteiger partial charge in [-0.25, -0.2) is 0 Å². The maximum absolute atomic E-state index is 2.59. The van der Waals surface area contributed by atoms with E-state index in [4.69, 9.17) is 0 Å². The van der Waals surface area contributed by atoms with Gasteiger partial charge in [-0.3, -0.25) is 0 Å². The molecular weight excluding hydrogens is 737 g/mol. The maximum Gasteiger partial charge on any atom is 0.107 e. The molecule has 0 aliphatic heterocycles. The normalized spacial score (nSPS) is 13.3. The lowest BCUT2D eigenvalue weighted by Crippen LogP contribution is -2.54. The van der Waals surface area contributed by atoms with Gasteiger partial charge in [0.05, 0.1) is 0 Å². The molecule has 0 saturated carbocycles. The Morgan fingerprint density at radius 1 is 0.327 bits per heavy atom. The molecule has 0 N–H and O–H groups in total. The van der Waals surface area contributed by atoms with Gasteiger partial charge in [0.15, 0.2) is 0 Å². The van der Waals surface area contributed by atoms with Crippen LogP contribution in [0.15, 0.2) is 83.6 Å². The van der Waals surface area contributed by atoms with Crippen LogP contribution < -0.4 is 9.00 Å². The van der Waals surface area contributed by atoms with Gasteiger partial charge in [0.1, 0.15) is 16.1 Å². The average molecular weight is 793 g/mol. The molecule has 0 amide bonds. The molecule has 0 atom stereocenters. The number of hydrogen-bond acceptors (Lipinski definition) is 4. The minimum absolute atomic E-state index is 0.746. The second-order valence-electron chi connectivity index (χ2n) is 17.1. The van der Waals surface area contributed by atoms with Crippen molar-refractivity contribution >= 4 is 132 Å². The van der Waals surface area contributed by atoms with Crippen LogP contribution in [-0.2, 0) is 0 Å². The third kappa shape index (κ3) is 6.18. The Morgan fingerprint density at radius 2 is 0.615 bits per heavy atom. The van der Waals surface area contributed by atoms with Crippen LogP contribution in [0.1, 0.15) is 83.1 Å². The minimum Gasteiger partial charge on any atom is -0.145 e. The van der Waals surface area contributed by atoms with Crippen LogP contribution in [0.3, 0.4) is 0 Å². The monoisotopic (exact) mass is 792 g/mol. The van der Waals surface area contributed by atoms with Gasteiger partial charge in [0.2, 0.25) is 0 Å². The molecular formula is C46H56S4Si2. The first-order chi connectivity index (χ1) is 24.7. The van der Waals surface area contributed by atoms with E-state index in [-0.39, 0.29) is 0 Å². The van der Waals surface area contributed by atoms with E-state index >= 15 is 0 Å². The van der Waals surface area contributed by atoms with Crippen molar-refractivity contribution in [1.29, 1.82) is 0 Å². The number of rotatable bonds is 8. The Morgan fingerprint density at radius 3 is 0.923 bits per heavy atom. The Hall–Kier alpha value is -2.33. The molecule has 52 heavy (non-hydrogen) atoms. The van der Waals surface area contributed by atoms with Crippen molar-refractivity contribution in [2.45, 2.75) is 116 Å². The van der Waals surface area contributed by atoms with Crippen LogP contribution >= 0.6 is 45.3 Å². The Balaban J connectivity index is 0.000000215. The molecule has 0 aliphatic carbocycles. The van der Waals surface area contributed by atoms with E-state index in [9.17, 15) is 0 Å². The topological polar surface area (TPSA) is 0 Å². The van der Waals surface area contributed by atoms with Crippen molar-refractivity contribution in [3.8, 4) is 0 Å². The smallest absolute Gasteiger partial charge is 0.107 e. The van der Waals surface area contributed by atoms with Crippen LogP contribution in [-0.4, -0.2) is 16.1 Å². The van der Waals surface area contributed by atoms with E-state index in [1.54, 1.807) is 9.00 Å². The van der Waals surface area contributed by atoms with Crippen molar-refractivity contribution in [2.24, 2.45) is 0 Å². The molecule has 0 saturated heterocycles. The molecule has 0 aliphatic rings. The van der Waals surface area contributed by atoms with E-state index < -0.39 is 16.1 Å². The first kappa shape index (κ1) is 38.0. The number of benzene rings is 4. The summed E-state index contributed by atoms with van der Waals surface area (Å²) in [4.78, 5) is 0. The summed E-state index contributed by atoms with van der Waals surface area (Å²) in [6, 6.07) is 28.7. The highest BCUT2D eigenvalue weighted by Gasteiger charge is 2.46. The van der Waals surface area contributed by atoms with Crippen LogP contribution in [0.5, 0.6) is 0 Å². The summed E-state index contributed by atoms with van der Waals surface area (Å²) in [6.07, 6.45) is 0. The zero-order valence-corrected chi connectivity index (χ0v) is 38.4. The van der Waals surface area contributed by atoms with Crippen molar-refractivity contribution in [3.63, 3.8) is 0 Å². The molecule has 8 rings (SSSR count). The Labute approximate surface area is 329 Å². The maximum atomic E-state index is 2.59. The number of fused-ring (bicyclic) bond motifs is 6. The lowest BCUT2D eigenvalue weighted by atomic mass is 10.1. The lowest BCUT2D eigenvalue weighted by Gasteiger charge is -2.42. The molecule has 6 heteroatoms. The summed E-state index contributed by atoms with van der Waals surface area (Å²) in [7, 11) is -3.27. The third-order valence-corrected chi connectivity index (χ3v) is 32.5. The van der Waals surface area contributed by atoms with E-state index in [1.165, 1.54) is 61.9 Å². The minimum atomic E-state index is -1.63. The zero-order chi connectivity index (χ0) is 37.3. The van der Waals surface area contributed by atoms with Gasteiger partial charge in [-0.15, -0.1) is 45.3 Å². The molecule has 4 heterocycles. The molecule has 0 radical (unpaired) electrons. The van der Waals surface area contributed by atoms with Crippen LogP contribution in [0.4, 0.5) is 0 Å². The lowest BCUT2D eigenvalue weighted by molar-refractivity contribution is 0.837. The first-order valence-corrected chi connectivity index (χ1v) is 27.2. The second kappa shape index (κ2) is 14.4. The fraction of sp³-hybridized carbons (Fsp3) is 0.391. The van der Waals surface area contributed by atoms with Crippen LogP contribution in [0, 0.1) is 0 Å². The van der Waals surface area contributed by atoms with Crippen molar-refractivity contribution < 1.29 is 0 Å². The van der Waals surface area contributed by atoms with E-state index in [0.717, 1.165) is 33.2 Å². The fourth-order valence-electron chi connectivity index (χ4n) is 10.6. The van der Waals surface area contributed by atoms with E-state index in [2.05, 4.69) is 189 Å². The Bertz CT molecular complexity index is 2170. The van der Waals surface area contributed by atoms with Crippen molar-refractivity contribution in [2.75, 3.05) is 0 Å². The zero-order valence-electron chi connectivity index (χ0n) is 33.2. The molecule has 4 aromatic heterocycles. The number of thiophene rings is 4. The average Bonchev–Trinajstić information content (AvgIpc) is 3.86. The summed E-state index contributed by atoms with van der Waals surface area (Å²) in [5.41, 5.74) is 4.48. The summed E-state index contributed by atoms with van der Waals surface area (Å²) in [6.45, 7) is 29.8. The molecule has 0 spiro atoms. The van der Waals surface area contributed by atoms with Gasteiger partial charge in [0.25, 0.3) is 0 Å². The van der Waals surface area contributed by atoms with Crippen LogP contribution in [0.25, 0.3) is 61.9 Å². The summed E-state index contributed by atoms with van der Waals surface area (Å²) < 4.78 is 9.11. The summed E-state index contributed by atoms with van der Waals surface area (Å²) >= 11 is 7.83. The molecule has 0 unspecified atom stereocenters. The quantitative estimate of drug-likeness (QED) is 0.134. The molecule has 4 aromatic carbocycles. The molecule has 0 bridgehead atoms. The highest BCUT2D eigenvalue weighted by Crippen LogP contribution is 2.45. The second-order valence-corrected chi connectivity index (χ2v) is 33.6. The fourth-order valence-corrected chi connectivity index (χ4v) is 32.5. The number of hydrogen-bond donors (Lipinski definition) is 0. The Kier molecular flexibility index (Phi) is 10.5. The summed E-state index contributed by atoms with van der Waals surface area (Å²) in [5.74, 6) is 0. The van der Waals surface area contributed by atoms with E-state index in [1.807, 2.05) is 22.7 Å². The molecule has 272 valence electrons. The van der Waals surface area contributed by atoms with Gasteiger partial charge >= 0.3 is 0 Å². The van der Waals surface area contributed by atoms with Crippen LogP contribution in [0.2, 0.25) is 33.2 Å². The van der Waals surface area contributed by atoms with Crippen molar-refractivity contribution in [3.05, 3.63) is 83.6 Å². The third-order valence-electron chi connectivity index (χ3n) is 12.7. The largest absolute Gasteiger partial charge is 0.145 e. The van der Waals surface area contributed by atoms with E-state index in [0.29, 0.717) is 0 Å². The predicted octanol–water partition coefficient (Wildman–Crippen LogP) is 16.3. The summed E-state index contributed by atoms with van der Waals surface area (Å²) in [5, 5.41) is 15.4. The molecule has 0 fully saturated rings.